The van der Waals surface area contributed by atoms with E-state index in [0.717, 1.165) is 12.1 Å². The third-order valence-corrected chi connectivity index (χ3v) is 3.69. The minimum atomic E-state index is 0.136. The van der Waals surface area contributed by atoms with Crippen molar-refractivity contribution in [2.45, 2.75) is 38.6 Å². The summed E-state index contributed by atoms with van der Waals surface area (Å²) in [5.41, 5.74) is 2.23. The molecule has 2 aliphatic rings. The molecule has 0 heterocycles. The van der Waals surface area contributed by atoms with Crippen LogP contribution < -0.4 is 5.32 Å². The Kier molecular flexibility index (Phi) is 4.37. The van der Waals surface area contributed by atoms with Crippen molar-refractivity contribution in [3.05, 3.63) is 35.6 Å². The van der Waals surface area contributed by atoms with E-state index < -0.39 is 0 Å². The van der Waals surface area contributed by atoms with Gasteiger partial charge in [-0.15, -0.1) is 0 Å². The number of hydrogen-bond acceptors (Lipinski definition) is 2. The zero-order chi connectivity index (χ0) is 13.0. The molecule has 1 amide bonds. The number of hydrogen-bond donors (Lipinski definition) is 1. The molecule has 1 N–H and O–H groups in total. The third kappa shape index (κ3) is 3.33. The largest absolute Gasteiger partial charge is 0.315 e. The third-order valence-electron chi connectivity index (χ3n) is 3.69. The molecule has 98 valence electrons. The van der Waals surface area contributed by atoms with E-state index in [0.29, 0.717) is 12.6 Å². The predicted octanol–water partition coefficient (Wildman–Crippen LogP) is 2.38. The van der Waals surface area contributed by atoms with Gasteiger partial charge in [-0.1, -0.05) is 30.2 Å². The van der Waals surface area contributed by atoms with Gasteiger partial charge in [0.25, 0.3) is 0 Å². The molecular formula is C15H22N2O. The molecule has 1 saturated carbocycles. The van der Waals surface area contributed by atoms with Crippen LogP contribution in [0.5, 0.6) is 0 Å². The molecule has 0 aromatic carbocycles. The fourth-order valence-corrected chi connectivity index (χ4v) is 2.07. The summed E-state index contributed by atoms with van der Waals surface area (Å²) >= 11 is 0. The van der Waals surface area contributed by atoms with Crippen molar-refractivity contribution in [2.75, 3.05) is 13.6 Å². The number of carbonyl (C=O) groups is 1. The van der Waals surface area contributed by atoms with Crippen LogP contribution in [0.25, 0.3) is 0 Å². The number of likely N-dealkylation sites (N-methyl/N-ethyl adjacent to an activating group) is 1. The number of rotatable bonds is 4. The second-order valence-corrected chi connectivity index (χ2v) is 5.11. The standard InChI is InChI=1S/C15H22N2O/c1-12-5-3-8-14(10-9-12)17(2)15(18)11-16-13-6-4-7-13/h5,8-10,13,16H,3-4,6-7,11H2,1-2H3. The van der Waals surface area contributed by atoms with Gasteiger partial charge in [0.15, 0.2) is 0 Å². The molecule has 2 rings (SSSR count). The van der Waals surface area contributed by atoms with Crippen molar-refractivity contribution in [2.24, 2.45) is 0 Å². The van der Waals surface area contributed by atoms with Gasteiger partial charge in [-0.3, -0.25) is 4.79 Å². The van der Waals surface area contributed by atoms with E-state index >= 15 is 0 Å². The van der Waals surface area contributed by atoms with Gasteiger partial charge in [0, 0.05) is 18.8 Å². The Hall–Kier alpha value is -1.35. The summed E-state index contributed by atoms with van der Waals surface area (Å²) in [6, 6.07) is 0.560. The number of allylic oxidation sites excluding steroid dienone is 5. The summed E-state index contributed by atoms with van der Waals surface area (Å²) in [6.07, 6.45) is 12.9. The van der Waals surface area contributed by atoms with Crippen LogP contribution in [-0.2, 0) is 4.79 Å². The molecular weight excluding hydrogens is 224 g/mol. The lowest BCUT2D eigenvalue weighted by Crippen LogP contribution is -2.42. The van der Waals surface area contributed by atoms with Gasteiger partial charge in [0.1, 0.15) is 0 Å². The van der Waals surface area contributed by atoms with Gasteiger partial charge in [-0.25, -0.2) is 0 Å². The maximum atomic E-state index is 12.1. The van der Waals surface area contributed by atoms with E-state index in [1.54, 1.807) is 4.90 Å². The number of nitrogens with zero attached hydrogens (tertiary/aromatic N) is 1. The molecule has 3 nitrogen and oxygen atoms in total. The van der Waals surface area contributed by atoms with Gasteiger partial charge in [0.05, 0.1) is 6.54 Å². The van der Waals surface area contributed by atoms with E-state index in [1.165, 1.54) is 24.8 Å². The van der Waals surface area contributed by atoms with Crippen LogP contribution in [0, 0.1) is 0 Å². The highest BCUT2D eigenvalue weighted by Crippen LogP contribution is 2.18. The van der Waals surface area contributed by atoms with Gasteiger partial charge in [-0.2, -0.15) is 0 Å². The average molecular weight is 246 g/mol. The van der Waals surface area contributed by atoms with Crippen molar-refractivity contribution in [3.63, 3.8) is 0 Å². The van der Waals surface area contributed by atoms with Crippen molar-refractivity contribution in [1.82, 2.24) is 10.2 Å². The van der Waals surface area contributed by atoms with Gasteiger partial charge in [-0.05, 0) is 32.3 Å². The molecule has 0 saturated heterocycles. The van der Waals surface area contributed by atoms with Crippen molar-refractivity contribution >= 4 is 5.91 Å². The number of amides is 1. The average Bonchev–Trinajstić information content (AvgIpc) is 2.51. The quantitative estimate of drug-likeness (QED) is 0.826. The molecule has 0 aromatic heterocycles. The highest BCUT2D eigenvalue weighted by molar-refractivity contribution is 5.80. The van der Waals surface area contributed by atoms with Gasteiger partial charge >= 0.3 is 0 Å². The Morgan fingerprint density at radius 2 is 2.17 bits per heavy atom. The Morgan fingerprint density at radius 3 is 2.83 bits per heavy atom. The SMILES string of the molecule is CC1=CCC=C(N(C)C(=O)CNC2CCC2)C=C1. The maximum Gasteiger partial charge on any atom is 0.240 e. The molecule has 0 bridgehead atoms. The summed E-state index contributed by atoms with van der Waals surface area (Å²) < 4.78 is 0. The first-order chi connectivity index (χ1) is 8.66. The van der Waals surface area contributed by atoms with Gasteiger partial charge < -0.3 is 10.2 Å². The molecule has 0 radical (unpaired) electrons. The Balaban J connectivity index is 1.85. The van der Waals surface area contributed by atoms with Crippen molar-refractivity contribution < 1.29 is 4.79 Å². The summed E-state index contributed by atoms with van der Waals surface area (Å²) in [7, 11) is 1.85. The first-order valence-corrected chi connectivity index (χ1v) is 6.72. The topological polar surface area (TPSA) is 32.3 Å². The highest BCUT2D eigenvalue weighted by Gasteiger charge is 2.19. The van der Waals surface area contributed by atoms with E-state index in [4.69, 9.17) is 0 Å². The van der Waals surface area contributed by atoms with Crippen LogP contribution in [0.4, 0.5) is 0 Å². The van der Waals surface area contributed by atoms with Crippen LogP contribution in [0.3, 0.4) is 0 Å². The zero-order valence-electron chi connectivity index (χ0n) is 11.3. The molecule has 0 aliphatic heterocycles. The van der Waals surface area contributed by atoms with Crippen LogP contribution in [0.15, 0.2) is 35.6 Å². The summed E-state index contributed by atoms with van der Waals surface area (Å²) in [6.45, 7) is 2.52. The second kappa shape index (κ2) is 6.01. The Labute approximate surface area is 109 Å². The molecule has 0 atom stereocenters. The second-order valence-electron chi connectivity index (χ2n) is 5.11. The first-order valence-electron chi connectivity index (χ1n) is 6.72. The molecule has 3 heteroatoms. The Bertz CT molecular complexity index is 403. The lowest BCUT2D eigenvalue weighted by molar-refractivity contribution is -0.127. The number of nitrogens with one attached hydrogen (secondary N) is 1. The first kappa shape index (κ1) is 13.1. The monoisotopic (exact) mass is 246 g/mol. The lowest BCUT2D eigenvalue weighted by Gasteiger charge is -2.27. The molecule has 2 aliphatic carbocycles. The van der Waals surface area contributed by atoms with E-state index in [-0.39, 0.29) is 5.91 Å². The normalized spacial score (nSPS) is 19.7. The molecule has 1 fully saturated rings. The lowest BCUT2D eigenvalue weighted by atomic mass is 9.93. The summed E-state index contributed by atoms with van der Waals surface area (Å²) in [4.78, 5) is 13.8. The van der Waals surface area contributed by atoms with Crippen LogP contribution in [0.2, 0.25) is 0 Å². The van der Waals surface area contributed by atoms with Crippen LogP contribution in [-0.4, -0.2) is 30.4 Å². The minimum absolute atomic E-state index is 0.136. The van der Waals surface area contributed by atoms with E-state index in [1.807, 2.05) is 13.1 Å². The smallest absolute Gasteiger partial charge is 0.240 e. The Morgan fingerprint density at radius 1 is 1.39 bits per heavy atom. The van der Waals surface area contributed by atoms with E-state index in [2.05, 4.69) is 30.5 Å². The molecule has 0 aromatic rings. The van der Waals surface area contributed by atoms with E-state index in [9.17, 15) is 4.79 Å². The van der Waals surface area contributed by atoms with Crippen LogP contribution >= 0.6 is 0 Å². The molecule has 0 spiro atoms. The highest BCUT2D eigenvalue weighted by atomic mass is 16.2. The zero-order valence-corrected chi connectivity index (χ0v) is 11.3. The molecule has 18 heavy (non-hydrogen) atoms. The molecule has 0 unspecified atom stereocenters. The minimum Gasteiger partial charge on any atom is -0.315 e. The fourth-order valence-electron chi connectivity index (χ4n) is 2.07. The maximum absolute atomic E-state index is 12.1. The summed E-state index contributed by atoms with van der Waals surface area (Å²) in [5, 5.41) is 3.31. The van der Waals surface area contributed by atoms with Gasteiger partial charge in [0.2, 0.25) is 5.91 Å². The fraction of sp³-hybridized carbons (Fsp3) is 0.533. The van der Waals surface area contributed by atoms with Crippen LogP contribution in [0.1, 0.15) is 32.6 Å². The number of carbonyl (C=O) groups excluding carboxylic acids is 1. The summed E-state index contributed by atoms with van der Waals surface area (Å²) in [5.74, 6) is 0.136. The van der Waals surface area contributed by atoms with Crippen molar-refractivity contribution in [1.29, 1.82) is 0 Å². The van der Waals surface area contributed by atoms with Crippen molar-refractivity contribution in [3.8, 4) is 0 Å². The predicted molar refractivity (Wildman–Crippen MR) is 74.0 cm³/mol.